The summed E-state index contributed by atoms with van der Waals surface area (Å²) in [5.41, 5.74) is -0.962. The summed E-state index contributed by atoms with van der Waals surface area (Å²) in [7, 11) is 0. The number of rotatable bonds is 8. The highest BCUT2D eigenvalue weighted by Crippen LogP contribution is 2.35. The van der Waals surface area contributed by atoms with Crippen LogP contribution in [0.2, 0.25) is 0 Å². The van der Waals surface area contributed by atoms with Gasteiger partial charge in [-0.05, 0) is 24.1 Å². The number of thiazole rings is 1. The number of aliphatic hydroxyl groups is 1. The van der Waals surface area contributed by atoms with E-state index in [1.165, 1.54) is 12.1 Å². The van der Waals surface area contributed by atoms with Crippen LogP contribution in [0.3, 0.4) is 0 Å². The van der Waals surface area contributed by atoms with Crippen molar-refractivity contribution < 1.29 is 45.7 Å². The van der Waals surface area contributed by atoms with Crippen molar-refractivity contribution in [1.29, 1.82) is 0 Å². The molecule has 1 atom stereocenters. The Bertz CT molecular complexity index is 976. The van der Waals surface area contributed by atoms with Crippen LogP contribution in [0.1, 0.15) is 25.9 Å². The molecule has 1 aromatic heterocycles. The second-order valence-corrected chi connectivity index (χ2v) is 8.40. The number of morpholine rings is 1. The lowest BCUT2D eigenvalue weighted by atomic mass is 10.1. The molecule has 0 bridgehead atoms. The molecule has 2 N–H and O–H groups in total. The van der Waals surface area contributed by atoms with Crippen molar-refractivity contribution in [2.75, 3.05) is 32.8 Å². The minimum Gasteiger partial charge on any atom is -0.406 e. The fourth-order valence-electron chi connectivity index (χ4n) is 3.26. The fourth-order valence-corrected chi connectivity index (χ4v) is 4.29. The molecule has 34 heavy (non-hydrogen) atoms. The van der Waals surface area contributed by atoms with Crippen LogP contribution in [0.25, 0.3) is 0 Å². The van der Waals surface area contributed by atoms with Gasteiger partial charge in [0.15, 0.2) is 5.69 Å². The van der Waals surface area contributed by atoms with Gasteiger partial charge in [-0.15, -0.1) is 24.5 Å². The molecule has 1 aliphatic heterocycles. The van der Waals surface area contributed by atoms with Crippen LogP contribution in [0.5, 0.6) is 5.75 Å². The topological polar surface area (TPSA) is 83.9 Å². The number of alkyl halides is 6. The number of hydrogen-bond acceptors (Lipinski definition) is 7. The number of aromatic nitrogens is 1. The van der Waals surface area contributed by atoms with Crippen molar-refractivity contribution in [1.82, 2.24) is 15.2 Å². The maximum absolute atomic E-state index is 13.4. The normalized spacial score (nSPS) is 16.3. The summed E-state index contributed by atoms with van der Waals surface area (Å²) in [6.07, 6.45) is -10.9. The number of amides is 1. The summed E-state index contributed by atoms with van der Waals surface area (Å²) in [6.45, 7) is 1.49. The van der Waals surface area contributed by atoms with Gasteiger partial charge in [0.2, 0.25) is 0 Å². The number of halogens is 6. The Kier molecular flexibility index (Phi) is 8.38. The summed E-state index contributed by atoms with van der Waals surface area (Å²) in [6, 6.07) is 5.05. The lowest BCUT2D eigenvalue weighted by Gasteiger charge is -2.30. The predicted molar refractivity (Wildman–Crippen MR) is 108 cm³/mol. The SMILES string of the molecule is O=C(NCCc1cccc(OC(F)(F)F)c1)c1sc(CC(O)N2CCOCC2)nc1C(F)(F)F. The Balaban J connectivity index is 1.63. The van der Waals surface area contributed by atoms with Gasteiger partial charge in [0.25, 0.3) is 5.91 Å². The lowest BCUT2D eigenvalue weighted by Crippen LogP contribution is -2.44. The molecule has 0 radical (unpaired) electrons. The number of nitrogens with zero attached hydrogens (tertiary/aromatic N) is 2. The molecule has 0 aliphatic carbocycles. The Morgan fingerprint density at radius 1 is 1.24 bits per heavy atom. The molecule has 1 saturated heterocycles. The van der Waals surface area contributed by atoms with Gasteiger partial charge in [-0.25, -0.2) is 4.98 Å². The molecule has 7 nitrogen and oxygen atoms in total. The van der Waals surface area contributed by atoms with Crippen LogP contribution < -0.4 is 10.1 Å². The van der Waals surface area contributed by atoms with Crippen molar-refractivity contribution in [3.05, 3.63) is 45.4 Å². The van der Waals surface area contributed by atoms with Crippen LogP contribution in [0.15, 0.2) is 24.3 Å². The summed E-state index contributed by atoms with van der Waals surface area (Å²) in [5.74, 6) is -1.46. The number of carbonyl (C=O) groups excluding carboxylic acids is 1. The number of carbonyl (C=O) groups is 1. The largest absolute Gasteiger partial charge is 0.573 e. The Hall–Kier alpha value is -2.42. The monoisotopic (exact) mass is 513 g/mol. The minimum absolute atomic E-state index is 0.0477. The Morgan fingerprint density at radius 3 is 2.59 bits per heavy atom. The molecule has 14 heteroatoms. The first kappa shape index (κ1) is 26.2. The maximum atomic E-state index is 13.4. The highest BCUT2D eigenvalue weighted by Gasteiger charge is 2.40. The van der Waals surface area contributed by atoms with E-state index in [-0.39, 0.29) is 24.4 Å². The average Bonchev–Trinajstić information content (AvgIpc) is 3.18. The lowest BCUT2D eigenvalue weighted by molar-refractivity contribution is -0.274. The Morgan fingerprint density at radius 2 is 1.94 bits per heavy atom. The highest BCUT2D eigenvalue weighted by atomic mass is 32.1. The standard InChI is InChI=1S/C20H21F6N3O4S/c21-19(22,23)17-16(34-14(28-17)11-15(30)29-6-8-32-9-7-29)18(31)27-5-4-12-2-1-3-13(10-12)33-20(24,25)26/h1-3,10,15,30H,4-9,11H2,(H,27,31). The molecule has 2 heterocycles. The second-order valence-electron chi connectivity index (χ2n) is 7.32. The predicted octanol–water partition coefficient (Wildman–Crippen LogP) is 3.23. The van der Waals surface area contributed by atoms with E-state index >= 15 is 0 Å². The van der Waals surface area contributed by atoms with E-state index < -0.39 is 41.0 Å². The van der Waals surface area contributed by atoms with Crippen molar-refractivity contribution >= 4 is 17.2 Å². The van der Waals surface area contributed by atoms with Gasteiger partial charge in [0.1, 0.15) is 16.9 Å². The van der Waals surface area contributed by atoms with Gasteiger partial charge in [-0.2, -0.15) is 13.2 Å². The number of hydrogen-bond donors (Lipinski definition) is 2. The van der Waals surface area contributed by atoms with Gasteiger partial charge < -0.3 is 19.9 Å². The second kappa shape index (κ2) is 10.9. The number of benzene rings is 1. The van der Waals surface area contributed by atoms with Crippen molar-refractivity contribution in [3.63, 3.8) is 0 Å². The van der Waals surface area contributed by atoms with Crippen LogP contribution >= 0.6 is 11.3 Å². The van der Waals surface area contributed by atoms with Crippen molar-refractivity contribution in [2.24, 2.45) is 0 Å². The average molecular weight is 513 g/mol. The summed E-state index contributed by atoms with van der Waals surface area (Å²) < 4.78 is 86.4. The van der Waals surface area contributed by atoms with Gasteiger partial charge in [0.05, 0.1) is 18.2 Å². The zero-order valence-electron chi connectivity index (χ0n) is 17.6. The maximum Gasteiger partial charge on any atom is 0.573 e. The van der Waals surface area contributed by atoms with Crippen LogP contribution in [-0.2, 0) is 23.8 Å². The van der Waals surface area contributed by atoms with Crippen molar-refractivity contribution in [2.45, 2.75) is 31.6 Å². The molecule has 188 valence electrons. The minimum atomic E-state index is -4.88. The van der Waals surface area contributed by atoms with E-state index in [2.05, 4.69) is 15.0 Å². The molecule has 1 aromatic carbocycles. The summed E-state index contributed by atoms with van der Waals surface area (Å²) in [5, 5.41) is 12.6. The smallest absolute Gasteiger partial charge is 0.406 e. The van der Waals surface area contributed by atoms with Gasteiger partial charge in [0, 0.05) is 26.1 Å². The van der Waals surface area contributed by atoms with E-state index in [9.17, 15) is 36.2 Å². The fraction of sp³-hybridized carbons (Fsp3) is 0.500. The molecule has 0 spiro atoms. The summed E-state index contributed by atoms with van der Waals surface area (Å²) >= 11 is 0.536. The third kappa shape index (κ3) is 7.55. The van der Waals surface area contributed by atoms with E-state index in [0.29, 0.717) is 43.2 Å². The molecule has 1 amide bonds. The highest BCUT2D eigenvalue weighted by molar-refractivity contribution is 7.13. The van der Waals surface area contributed by atoms with Gasteiger partial charge >= 0.3 is 12.5 Å². The first-order chi connectivity index (χ1) is 15.9. The molecule has 3 rings (SSSR count). The van der Waals surface area contributed by atoms with E-state index in [0.717, 1.165) is 12.1 Å². The van der Waals surface area contributed by atoms with Crippen LogP contribution in [0.4, 0.5) is 26.3 Å². The van der Waals surface area contributed by atoms with E-state index in [1.807, 2.05) is 0 Å². The molecular weight excluding hydrogens is 492 g/mol. The van der Waals surface area contributed by atoms with Crippen LogP contribution in [0, 0.1) is 0 Å². The number of ether oxygens (including phenoxy) is 2. The van der Waals surface area contributed by atoms with E-state index in [4.69, 9.17) is 4.74 Å². The third-order valence-corrected chi connectivity index (χ3v) is 5.88. The third-order valence-electron chi connectivity index (χ3n) is 4.80. The molecule has 2 aromatic rings. The molecule has 1 unspecified atom stereocenters. The van der Waals surface area contributed by atoms with Gasteiger partial charge in [-0.3, -0.25) is 9.69 Å². The van der Waals surface area contributed by atoms with Gasteiger partial charge in [-0.1, -0.05) is 12.1 Å². The zero-order valence-corrected chi connectivity index (χ0v) is 18.4. The van der Waals surface area contributed by atoms with Crippen LogP contribution in [-0.4, -0.2) is 66.3 Å². The first-order valence-electron chi connectivity index (χ1n) is 10.1. The number of aliphatic hydroxyl groups excluding tert-OH is 1. The Labute approximate surface area is 194 Å². The zero-order chi connectivity index (χ0) is 24.9. The van der Waals surface area contributed by atoms with Crippen molar-refractivity contribution in [3.8, 4) is 5.75 Å². The first-order valence-corrected chi connectivity index (χ1v) is 10.9. The quantitative estimate of drug-likeness (QED) is 0.528. The number of nitrogens with one attached hydrogen (secondary N) is 1. The molecule has 1 fully saturated rings. The summed E-state index contributed by atoms with van der Waals surface area (Å²) in [4.78, 5) is 17.0. The molecular formula is C20H21F6N3O4S. The molecule has 0 saturated carbocycles. The molecule has 1 aliphatic rings. The van der Waals surface area contributed by atoms with E-state index in [1.54, 1.807) is 4.90 Å².